The van der Waals surface area contributed by atoms with Crippen LogP contribution in [0.15, 0.2) is 16.5 Å². The van der Waals surface area contributed by atoms with E-state index in [-0.39, 0.29) is 38.6 Å². The molecule has 3 atom stereocenters. The number of hydrogen-bond acceptors (Lipinski definition) is 3. The lowest BCUT2D eigenvalue weighted by molar-refractivity contribution is -0.126. The Morgan fingerprint density at radius 2 is 2.04 bits per heavy atom. The van der Waals surface area contributed by atoms with Crippen LogP contribution in [0.1, 0.15) is 50.6 Å². The van der Waals surface area contributed by atoms with Crippen molar-refractivity contribution >= 4 is 38.8 Å². The SMILES string of the molecule is CN=S1(=O)CCC(C(=O)N[C@H](c2c(F)ccc(Cl)c2Cl)C2(C)CCCC2)C1. The zero-order valence-corrected chi connectivity index (χ0v) is 17.9. The summed E-state index contributed by atoms with van der Waals surface area (Å²) in [6.45, 7) is 2.06. The monoisotopic (exact) mass is 434 g/mol. The van der Waals surface area contributed by atoms with Crippen molar-refractivity contribution in [3.63, 3.8) is 0 Å². The van der Waals surface area contributed by atoms with Crippen molar-refractivity contribution < 1.29 is 13.4 Å². The van der Waals surface area contributed by atoms with E-state index in [1.165, 1.54) is 19.2 Å². The minimum atomic E-state index is -2.30. The van der Waals surface area contributed by atoms with Crippen molar-refractivity contribution in [1.29, 1.82) is 0 Å². The van der Waals surface area contributed by atoms with Gasteiger partial charge < -0.3 is 5.32 Å². The molecule has 1 saturated carbocycles. The van der Waals surface area contributed by atoms with Crippen LogP contribution in [0, 0.1) is 17.2 Å². The molecule has 1 amide bonds. The van der Waals surface area contributed by atoms with Gasteiger partial charge in [0.1, 0.15) is 5.82 Å². The molecule has 150 valence electrons. The van der Waals surface area contributed by atoms with Crippen molar-refractivity contribution in [1.82, 2.24) is 5.32 Å². The van der Waals surface area contributed by atoms with E-state index in [9.17, 15) is 13.4 Å². The van der Waals surface area contributed by atoms with Gasteiger partial charge in [-0.1, -0.05) is 43.0 Å². The molecule has 1 aromatic rings. The highest BCUT2D eigenvalue weighted by Gasteiger charge is 2.43. The molecule has 1 aliphatic heterocycles. The zero-order valence-electron chi connectivity index (χ0n) is 15.6. The van der Waals surface area contributed by atoms with E-state index < -0.39 is 21.6 Å². The van der Waals surface area contributed by atoms with E-state index in [1.54, 1.807) is 0 Å². The smallest absolute Gasteiger partial charge is 0.224 e. The summed E-state index contributed by atoms with van der Waals surface area (Å²) in [7, 11) is -0.767. The van der Waals surface area contributed by atoms with Crippen LogP contribution in [0.5, 0.6) is 0 Å². The molecule has 0 aromatic heterocycles. The molecule has 0 radical (unpaired) electrons. The van der Waals surface area contributed by atoms with E-state index in [0.717, 1.165) is 25.7 Å². The van der Waals surface area contributed by atoms with Gasteiger partial charge in [0.2, 0.25) is 5.91 Å². The first kappa shape index (κ1) is 20.9. The molecule has 3 rings (SSSR count). The van der Waals surface area contributed by atoms with Gasteiger partial charge in [-0.25, -0.2) is 13.0 Å². The Bertz CT molecular complexity index is 862. The number of carbonyl (C=O) groups is 1. The number of carbonyl (C=O) groups excluding carboxylic acids is 1. The average Bonchev–Trinajstić information content (AvgIpc) is 3.25. The lowest BCUT2D eigenvalue weighted by Crippen LogP contribution is -2.42. The number of rotatable bonds is 4. The van der Waals surface area contributed by atoms with Crippen molar-refractivity contribution in [3.05, 3.63) is 33.6 Å². The van der Waals surface area contributed by atoms with E-state index in [2.05, 4.69) is 16.6 Å². The minimum absolute atomic E-state index is 0.147. The van der Waals surface area contributed by atoms with E-state index in [4.69, 9.17) is 23.2 Å². The molecule has 27 heavy (non-hydrogen) atoms. The average molecular weight is 435 g/mol. The summed E-state index contributed by atoms with van der Waals surface area (Å²) in [5.74, 6) is -0.380. The van der Waals surface area contributed by atoms with Crippen molar-refractivity contribution in [2.24, 2.45) is 15.7 Å². The standard InChI is InChI=1S/C19H25Cl2FN2O2S/c1-19(8-3-4-9-19)17(15-14(22)6-5-13(20)16(15)21)24-18(25)12-7-10-27(26,11-12)23-2/h5-6,12,17H,3-4,7-11H2,1-2H3,(H,24,25)/t12?,17-,27?/m1/s1. The summed E-state index contributed by atoms with van der Waals surface area (Å²) >= 11 is 12.5. The predicted molar refractivity (Wildman–Crippen MR) is 108 cm³/mol. The quantitative estimate of drug-likeness (QED) is 0.678. The third-order valence-corrected chi connectivity index (χ3v) is 9.33. The molecular weight excluding hydrogens is 410 g/mol. The molecule has 1 N–H and O–H groups in total. The van der Waals surface area contributed by atoms with Crippen LogP contribution in [0.4, 0.5) is 4.39 Å². The van der Waals surface area contributed by atoms with Gasteiger partial charge in [-0.15, -0.1) is 0 Å². The van der Waals surface area contributed by atoms with Gasteiger partial charge >= 0.3 is 0 Å². The Morgan fingerprint density at radius 3 is 2.63 bits per heavy atom. The van der Waals surface area contributed by atoms with E-state index in [0.29, 0.717) is 12.2 Å². The van der Waals surface area contributed by atoms with Gasteiger partial charge in [0.25, 0.3) is 0 Å². The lowest BCUT2D eigenvalue weighted by atomic mass is 9.76. The number of nitrogens with one attached hydrogen (secondary N) is 1. The zero-order chi connectivity index (χ0) is 19.8. The van der Waals surface area contributed by atoms with Gasteiger partial charge in [0, 0.05) is 33.8 Å². The Hall–Kier alpha value is -0.850. The predicted octanol–water partition coefficient (Wildman–Crippen LogP) is 4.99. The maximum absolute atomic E-state index is 14.8. The van der Waals surface area contributed by atoms with Crippen LogP contribution in [0.2, 0.25) is 10.0 Å². The molecule has 1 aromatic carbocycles. The summed E-state index contributed by atoms with van der Waals surface area (Å²) in [4.78, 5) is 13.0. The van der Waals surface area contributed by atoms with Gasteiger partial charge in [-0.2, -0.15) is 0 Å². The highest BCUT2D eigenvalue weighted by atomic mass is 35.5. The molecule has 1 heterocycles. The first-order valence-corrected chi connectivity index (χ1v) is 11.8. The van der Waals surface area contributed by atoms with Crippen LogP contribution in [0.25, 0.3) is 0 Å². The van der Waals surface area contributed by atoms with Gasteiger partial charge in [-0.3, -0.25) is 4.79 Å². The topological polar surface area (TPSA) is 58.5 Å². The Kier molecular flexibility index (Phi) is 6.09. The lowest BCUT2D eigenvalue weighted by Gasteiger charge is -2.36. The van der Waals surface area contributed by atoms with Gasteiger partial charge in [0.05, 0.1) is 22.0 Å². The van der Waals surface area contributed by atoms with Gasteiger partial charge in [-0.05, 0) is 36.8 Å². The molecule has 0 bridgehead atoms. The molecule has 2 aliphatic rings. The van der Waals surface area contributed by atoms with Crippen molar-refractivity contribution in [2.45, 2.75) is 45.1 Å². The van der Waals surface area contributed by atoms with Crippen LogP contribution in [-0.4, -0.2) is 28.7 Å². The fraction of sp³-hybridized carbons (Fsp3) is 0.632. The van der Waals surface area contributed by atoms with Crippen LogP contribution < -0.4 is 5.32 Å². The first-order valence-electron chi connectivity index (χ1n) is 9.23. The fourth-order valence-electron chi connectivity index (χ4n) is 4.31. The van der Waals surface area contributed by atoms with Crippen LogP contribution >= 0.6 is 23.2 Å². The molecule has 2 unspecified atom stereocenters. The highest BCUT2D eigenvalue weighted by Crippen LogP contribution is 2.50. The number of amides is 1. The molecule has 0 spiro atoms. The Morgan fingerprint density at radius 1 is 1.37 bits per heavy atom. The second kappa shape index (κ2) is 7.88. The molecule has 2 fully saturated rings. The number of benzene rings is 1. The Labute approximate surface area is 170 Å². The maximum atomic E-state index is 14.8. The summed E-state index contributed by atoms with van der Waals surface area (Å²) < 4.78 is 31.2. The third-order valence-electron chi connectivity index (χ3n) is 6.05. The van der Waals surface area contributed by atoms with Crippen LogP contribution in [0.3, 0.4) is 0 Å². The van der Waals surface area contributed by atoms with Crippen molar-refractivity contribution in [3.8, 4) is 0 Å². The molecule has 4 nitrogen and oxygen atoms in total. The van der Waals surface area contributed by atoms with Gasteiger partial charge in [0.15, 0.2) is 0 Å². The molecular formula is C19H25Cl2FN2O2S. The summed E-state index contributed by atoms with van der Waals surface area (Å²) in [6, 6.07) is 2.14. The fourth-order valence-corrected chi connectivity index (χ4v) is 6.84. The summed E-state index contributed by atoms with van der Waals surface area (Å²) in [6.07, 6.45) is 4.30. The number of hydrogen-bond donors (Lipinski definition) is 1. The molecule has 8 heteroatoms. The van der Waals surface area contributed by atoms with E-state index in [1.807, 2.05) is 0 Å². The maximum Gasteiger partial charge on any atom is 0.224 e. The first-order chi connectivity index (χ1) is 12.7. The minimum Gasteiger partial charge on any atom is -0.348 e. The molecule has 1 saturated heterocycles. The largest absolute Gasteiger partial charge is 0.348 e. The summed E-state index contributed by atoms with van der Waals surface area (Å²) in [5.41, 5.74) is -0.0548. The van der Waals surface area contributed by atoms with E-state index >= 15 is 0 Å². The molecule has 1 aliphatic carbocycles. The Balaban J connectivity index is 1.94. The number of halogens is 3. The second-order valence-electron chi connectivity index (χ2n) is 7.87. The highest BCUT2D eigenvalue weighted by molar-refractivity contribution is 7.93. The third kappa shape index (κ3) is 4.13. The van der Waals surface area contributed by atoms with Crippen LogP contribution in [-0.2, 0) is 14.5 Å². The second-order valence-corrected chi connectivity index (χ2v) is 11.3. The normalized spacial score (nSPS) is 28.1. The summed E-state index contributed by atoms with van der Waals surface area (Å²) in [5, 5.41) is 3.45. The number of nitrogens with zero attached hydrogens (tertiary/aromatic N) is 1. The van der Waals surface area contributed by atoms with Crippen molar-refractivity contribution in [2.75, 3.05) is 18.6 Å².